The number of anilines is 1. The zero-order valence-corrected chi connectivity index (χ0v) is 11.7. The summed E-state index contributed by atoms with van der Waals surface area (Å²) in [5, 5.41) is 2.92. The lowest BCUT2D eigenvalue weighted by Gasteiger charge is -2.14. The van der Waals surface area contributed by atoms with Crippen LogP contribution in [0.4, 0.5) is 18.9 Å². The van der Waals surface area contributed by atoms with Crippen molar-refractivity contribution in [2.75, 3.05) is 11.9 Å². The maximum Gasteiger partial charge on any atom is 0.417 e. The van der Waals surface area contributed by atoms with Crippen molar-refractivity contribution in [1.29, 1.82) is 0 Å². The van der Waals surface area contributed by atoms with E-state index in [1.54, 1.807) is 18.4 Å². The van der Waals surface area contributed by atoms with Crippen LogP contribution in [0.15, 0.2) is 41.0 Å². The molecule has 0 saturated carbocycles. The van der Waals surface area contributed by atoms with Crippen LogP contribution >= 0.6 is 12.2 Å². The van der Waals surface area contributed by atoms with Crippen molar-refractivity contribution in [3.05, 3.63) is 53.5 Å². The predicted molar refractivity (Wildman–Crippen MR) is 78.2 cm³/mol. The third kappa shape index (κ3) is 3.98. The molecule has 0 bridgehead atoms. The Kier molecular flexibility index (Phi) is 4.52. The summed E-state index contributed by atoms with van der Waals surface area (Å²) >= 11 is 4.65. The Balaban J connectivity index is 2.12. The van der Waals surface area contributed by atoms with Crippen molar-refractivity contribution >= 4 is 22.9 Å². The van der Waals surface area contributed by atoms with Gasteiger partial charge >= 0.3 is 6.18 Å². The van der Waals surface area contributed by atoms with Gasteiger partial charge in [0.05, 0.1) is 11.8 Å². The van der Waals surface area contributed by atoms with Crippen molar-refractivity contribution in [1.82, 2.24) is 0 Å². The fraction of sp³-hybridized carbons (Fsp3) is 0.214. The fourth-order valence-electron chi connectivity index (χ4n) is 1.89. The highest BCUT2D eigenvalue weighted by molar-refractivity contribution is 7.80. The van der Waals surface area contributed by atoms with Gasteiger partial charge in [0, 0.05) is 24.2 Å². The van der Waals surface area contributed by atoms with Gasteiger partial charge in [-0.25, -0.2) is 0 Å². The SMILES string of the molecule is NC(=S)c1ccc(NCCc2ccco2)cc1C(F)(F)F. The molecule has 2 rings (SSSR count). The first-order valence-electron chi connectivity index (χ1n) is 6.15. The lowest BCUT2D eigenvalue weighted by Crippen LogP contribution is -2.18. The van der Waals surface area contributed by atoms with Crippen molar-refractivity contribution in [2.45, 2.75) is 12.6 Å². The highest BCUT2D eigenvalue weighted by Crippen LogP contribution is 2.33. The summed E-state index contributed by atoms with van der Waals surface area (Å²) < 4.78 is 44.1. The molecule has 0 aliphatic carbocycles. The lowest BCUT2D eigenvalue weighted by atomic mass is 10.1. The first kappa shape index (κ1) is 15.4. The van der Waals surface area contributed by atoms with Gasteiger partial charge in [-0.2, -0.15) is 13.2 Å². The average molecular weight is 314 g/mol. The molecule has 0 unspecified atom stereocenters. The number of nitrogens with two attached hydrogens (primary N) is 1. The van der Waals surface area contributed by atoms with Gasteiger partial charge in [-0.05, 0) is 30.3 Å². The Morgan fingerprint density at radius 1 is 1.29 bits per heavy atom. The topological polar surface area (TPSA) is 51.2 Å². The van der Waals surface area contributed by atoms with Crippen LogP contribution in [0.3, 0.4) is 0 Å². The highest BCUT2D eigenvalue weighted by atomic mass is 32.1. The summed E-state index contributed by atoms with van der Waals surface area (Å²) in [5.74, 6) is 0.762. The first-order valence-corrected chi connectivity index (χ1v) is 6.56. The minimum atomic E-state index is -4.50. The summed E-state index contributed by atoms with van der Waals surface area (Å²) in [6.07, 6.45) is -2.38. The number of hydrogen-bond acceptors (Lipinski definition) is 3. The summed E-state index contributed by atoms with van der Waals surface area (Å²) in [4.78, 5) is -0.274. The molecular formula is C14H13F3N2OS. The number of nitrogens with one attached hydrogen (secondary N) is 1. The van der Waals surface area contributed by atoms with Gasteiger partial charge in [-0.15, -0.1) is 0 Å². The highest BCUT2D eigenvalue weighted by Gasteiger charge is 2.34. The van der Waals surface area contributed by atoms with Gasteiger partial charge < -0.3 is 15.5 Å². The van der Waals surface area contributed by atoms with Crippen LogP contribution in [-0.4, -0.2) is 11.5 Å². The van der Waals surface area contributed by atoms with E-state index in [1.807, 2.05) is 0 Å². The summed E-state index contributed by atoms with van der Waals surface area (Å²) in [7, 11) is 0. The van der Waals surface area contributed by atoms with E-state index >= 15 is 0 Å². The molecule has 0 saturated heterocycles. The molecule has 7 heteroatoms. The molecule has 21 heavy (non-hydrogen) atoms. The van der Waals surface area contributed by atoms with Crippen LogP contribution in [-0.2, 0) is 12.6 Å². The Labute approximate surface area is 124 Å². The van der Waals surface area contributed by atoms with Crippen molar-refractivity contribution in [2.24, 2.45) is 5.73 Å². The molecule has 1 heterocycles. The maximum absolute atomic E-state index is 13.0. The zero-order valence-electron chi connectivity index (χ0n) is 10.9. The number of halogens is 3. The number of hydrogen-bond donors (Lipinski definition) is 2. The van der Waals surface area contributed by atoms with Crippen molar-refractivity contribution < 1.29 is 17.6 Å². The van der Waals surface area contributed by atoms with Crippen LogP contribution in [0.1, 0.15) is 16.9 Å². The van der Waals surface area contributed by atoms with Gasteiger partial charge in [0.15, 0.2) is 0 Å². The predicted octanol–water partition coefficient (Wildman–Crippen LogP) is 3.59. The molecule has 112 valence electrons. The standard InChI is InChI=1S/C14H13F3N2OS/c15-14(16,17)12-8-9(3-4-11(12)13(18)21)19-6-5-10-2-1-7-20-10/h1-4,7-8,19H,5-6H2,(H2,18,21). The van der Waals surface area contributed by atoms with E-state index in [-0.39, 0.29) is 10.6 Å². The smallest absolute Gasteiger partial charge is 0.417 e. The number of benzene rings is 1. The Bertz CT molecular complexity index is 624. The van der Waals surface area contributed by atoms with Gasteiger partial charge in [-0.3, -0.25) is 0 Å². The number of alkyl halides is 3. The summed E-state index contributed by atoms with van der Waals surface area (Å²) in [6, 6.07) is 7.37. The van der Waals surface area contributed by atoms with E-state index in [0.29, 0.717) is 18.7 Å². The first-order chi connectivity index (χ1) is 9.88. The molecule has 0 atom stereocenters. The molecule has 3 N–H and O–H groups in total. The quantitative estimate of drug-likeness (QED) is 0.828. The third-order valence-corrected chi connectivity index (χ3v) is 3.09. The fourth-order valence-corrected chi connectivity index (χ4v) is 2.07. The van der Waals surface area contributed by atoms with Crippen LogP contribution in [0.25, 0.3) is 0 Å². The molecule has 1 aromatic heterocycles. The van der Waals surface area contributed by atoms with Crippen LogP contribution in [0.5, 0.6) is 0 Å². The van der Waals surface area contributed by atoms with E-state index in [2.05, 4.69) is 17.5 Å². The van der Waals surface area contributed by atoms with E-state index in [4.69, 9.17) is 10.2 Å². The molecular weight excluding hydrogens is 301 g/mol. The largest absolute Gasteiger partial charge is 0.469 e. The van der Waals surface area contributed by atoms with Crippen molar-refractivity contribution in [3.63, 3.8) is 0 Å². The van der Waals surface area contributed by atoms with E-state index in [1.165, 1.54) is 12.1 Å². The second-order valence-electron chi connectivity index (χ2n) is 4.38. The van der Waals surface area contributed by atoms with E-state index in [0.717, 1.165) is 11.8 Å². The van der Waals surface area contributed by atoms with Crippen LogP contribution in [0.2, 0.25) is 0 Å². The van der Waals surface area contributed by atoms with Crippen LogP contribution in [0, 0.1) is 0 Å². The van der Waals surface area contributed by atoms with E-state index in [9.17, 15) is 13.2 Å². The van der Waals surface area contributed by atoms with Gasteiger partial charge in [-0.1, -0.05) is 12.2 Å². The monoisotopic (exact) mass is 314 g/mol. The molecule has 0 fully saturated rings. The van der Waals surface area contributed by atoms with Gasteiger partial charge in [0.1, 0.15) is 10.7 Å². The zero-order chi connectivity index (χ0) is 15.5. The maximum atomic E-state index is 13.0. The molecule has 0 aliphatic heterocycles. The Hall–Kier alpha value is -2.02. The molecule has 0 amide bonds. The second-order valence-corrected chi connectivity index (χ2v) is 4.82. The second kappa shape index (κ2) is 6.17. The van der Waals surface area contributed by atoms with E-state index < -0.39 is 11.7 Å². The van der Waals surface area contributed by atoms with Gasteiger partial charge in [0.25, 0.3) is 0 Å². The Morgan fingerprint density at radius 2 is 2.05 bits per heavy atom. The molecule has 2 aromatic rings. The molecule has 1 aromatic carbocycles. The Morgan fingerprint density at radius 3 is 2.62 bits per heavy atom. The molecule has 0 aliphatic rings. The number of thiocarbonyl (C=S) groups is 1. The minimum absolute atomic E-state index is 0.172. The molecule has 0 radical (unpaired) electrons. The van der Waals surface area contributed by atoms with Crippen LogP contribution < -0.4 is 11.1 Å². The summed E-state index contributed by atoms with van der Waals surface area (Å²) in [6.45, 7) is 0.456. The minimum Gasteiger partial charge on any atom is -0.469 e. The molecule has 3 nitrogen and oxygen atoms in total. The summed E-state index contributed by atoms with van der Waals surface area (Å²) in [5.41, 5.74) is 4.67. The molecule has 0 spiro atoms. The number of rotatable bonds is 5. The third-order valence-electron chi connectivity index (χ3n) is 2.87. The normalized spacial score (nSPS) is 11.4. The lowest BCUT2D eigenvalue weighted by molar-refractivity contribution is -0.137. The van der Waals surface area contributed by atoms with Gasteiger partial charge in [0.2, 0.25) is 0 Å². The van der Waals surface area contributed by atoms with Crippen molar-refractivity contribution in [3.8, 4) is 0 Å². The number of furan rings is 1. The average Bonchev–Trinajstić information content (AvgIpc) is 2.90.